The molecule has 0 bridgehead atoms. The van der Waals surface area contributed by atoms with Crippen molar-refractivity contribution < 1.29 is 4.74 Å². The van der Waals surface area contributed by atoms with Gasteiger partial charge in [0.2, 0.25) is 0 Å². The van der Waals surface area contributed by atoms with Crippen molar-refractivity contribution in [1.29, 1.82) is 0 Å². The number of hydrogen-bond donors (Lipinski definition) is 1. The van der Waals surface area contributed by atoms with Crippen molar-refractivity contribution >= 4 is 11.3 Å². The zero-order chi connectivity index (χ0) is 13.7. The number of aryl methyl sites for hydroxylation is 1. The van der Waals surface area contributed by atoms with Gasteiger partial charge >= 0.3 is 0 Å². The van der Waals surface area contributed by atoms with Crippen LogP contribution in [0, 0.1) is 0 Å². The van der Waals surface area contributed by atoms with Gasteiger partial charge in [-0.1, -0.05) is 13.8 Å². The summed E-state index contributed by atoms with van der Waals surface area (Å²) in [7, 11) is 1.67. The van der Waals surface area contributed by atoms with Gasteiger partial charge in [-0.3, -0.25) is 4.98 Å². The summed E-state index contributed by atoms with van der Waals surface area (Å²) < 4.78 is 5.27. The fraction of sp³-hybridized carbons (Fsp3) is 0.400. The van der Waals surface area contributed by atoms with Crippen LogP contribution in [0.5, 0.6) is 5.75 Å². The molecule has 1 atom stereocenters. The quantitative estimate of drug-likeness (QED) is 0.878. The first-order valence-electron chi connectivity index (χ1n) is 6.58. The number of aromatic nitrogens is 1. The van der Waals surface area contributed by atoms with Crippen LogP contribution in [0.25, 0.3) is 0 Å². The Morgan fingerprint density at radius 2 is 2.21 bits per heavy atom. The van der Waals surface area contributed by atoms with E-state index in [4.69, 9.17) is 4.74 Å². The molecule has 2 aromatic rings. The molecule has 19 heavy (non-hydrogen) atoms. The summed E-state index contributed by atoms with van der Waals surface area (Å²) in [6.07, 6.45) is 4.70. The van der Waals surface area contributed by atoms with Crippen molar-refractivity contribution in [3.8, 4) is 5.75 Å². The van der Waals surface area contributed by atoms with Gasteiger partial charge < -0.3 is 10.1 Å². The van der Waals surface area contributed by atoms with E-state index in [1.54, 1.807) is 24.6 Å². The summed E-state index contributed by atoms with van der Waals surface area (Å²) in [5.74, 6) is 0.801. The standard InChI is InChI=1S/C15H20N2OS/c1-4-11-6-7-19-15(11)14(17-5-2)12-8-13(18-3)10-16-9-12/h6-10,14,17H,4-5H2,1-3H3. The van der Waals surface area contributed by atoms with Gasteiger partial charge in [-0.15, -0.1) is 11.3 Å². The minimum absolute atomic E-state index is 0.197. The molecule has 2 aromatic heterocycles. The topological polar surface area (TPSA) is 34.2 Å². The minimum Gasteiger partial charge on any atom is -0.495 e. The average molecular weight is 276 g/mol. The van der Waals surface area contributed by atoms with Crippen molar-refractivity contribution in [2.75, 3.05) is 13.7 Å². The molecule has 0 saturated carbocycles. The Balaban J connectivity index is 2.39. The lowest BCUT2D eigenvalue weighted by molar-refractivity contribution is 0.411. The van der Waals surface area contributed by atoms with E-state index in [-0.39, 0.29) is 6.04 Å². The maximum absolute atomic E-state index is 5.27. The smallest absolute Gasteiger partial charge is 0.137 e. The molecule has 0 aromatic carbocycles. The Labute approximate surface area is 118 Å². The molecule has 0 amide bonds. The predicted octanol–water partition coefficient (Wildman–Crippen LogP) is 3.41. The third kappa shape index (κ3) is 3.14. The van der Waals surface area contributed by atoms with E-state index in [1.165, 1.54) is 10.4 Å². The molecule has 3 nitrogen and oxygen atoms in total. The highest BCUT2D eigenvalue weighted by atomic mass is 32.1. The molecule has 4 heteroatoms. The first-order valence-corrected chi connectivity index (χ1v) is 7.46. The summed E-state index contributed by atoms with van der Waals surface area (Å²) >= 11 is 1.80. The molecule has 0 spiro atoms. The second kappa shape index (κ2) is 6.68. The number of hydrogen-bond acceptors (Lipinski definition) is 4. The molecule has 1 unspecified atom stereocenters. The summed E-state index contributed by atoms with van der Waals surface area (Å²) in [5.41, 5.74) is 2.55. The molecule has 0 aliphatic carbocycles. The number of rotatable bonds is 6. The predicted molar refractivity (Wildman–Crippen MR) is 80.0 cm³/mol. The SMILES string of the molecule is CCNC(c1cncc(OC)c1)c1sccc1CC. The first kappa shape index (κ1) is 14.0. The van der Waals surface area contributed by atoms with Gasteiger partial charge in [-0.25, -0.2) is 0 Å². The van der Waals surface area contributed by atoms with E-state index in [1.807, 2.05) is 6.20 Å². The zero-order valence-corrected chi connectivity index (χ0v) is 12.5. The lowest BCUT2D eigenvalue weighted by Crippen LogP contribution is -2.22. The maximum Gasteiger partial charge on any atom is 0.137 e. The van der Waals surface area contributed by atoms with Gasteiger partial charge in [0.1, 0.15) is 5.75 Å². The van der Waals surface area contributed by atoms with Gasteiger partial charge in [0.25, 0.3) is 0 Å². The van der Waals surface area contributed by atoms with E-state index in [0.717, 1.165) is 24.3 Å². The maximum atomic E-state index is 5.27. The van der Waals surface area contributed by atoms with Crippen LogP contribution in [0.3, 0.4) is 0 Å². The molecule has 0 radical (unpaired) electrons. The molecule has 2 rings (SSSR count). The van der Waals surface area contributed by atoms with Gasteiger partial charge in [0, 0.05) is 11.1 Å². The molecular weight excluding hydrogens is 256 g/mol. The fourth-order valence-corrected chi connectivity index (χ4v) is 3.26. The number of nitrogens with zero attached hydrogens (tertiary/aromatic N) is 1. The van der Waals surface area contributed by atoms with E-state index >= 15 is 0 Å². The zero-order valence-electron chi connectivity index (χ0n) is 11.6. The van der Waals surface area contributed by atoms with Crippen molar-refractivity contribution in [2.24, 2.45) is 0 Å². The van der Waals surface area contributed by atoms with Crippen LogP contribution in [0.4, 0.5) is 0 Å². The summed E-state index contributed by atoms with van der Waals surface area (Å²) in [6, 6.07) is 4.46. The van der Waals surface area contributed by atoms with Crippen molar-refractivity contribution in [3.63, 3.8) is 0 Å². The largest absolute Gasteiger partial charge is 0.495 e. The Kier molecular flexibility index (Phi) is 4.93. The Morgan fingerprint density at radius 1 is 1.37 bits per heavy atom. The normalized spacial score (nSPS) is 12.4. The minimum atomic E-state index is 0.197. The molecule has 0 saturated heterocycles. The molecule has 2 heterocycles. The third-order valence-corrected chi connectivity index (χ3v) is 4.16. The highest BCUT2D eigenvalue weighted by Crippen LogP contribution is 2.31. The molecule has 0 fully saturated rings. The molecular formula is C15H20N2OS. The number of pyridine rings is 1. The van der Waals surface area contributed by atoms with Crippen LogP contribution in [0.1, 0.15) is 35.9 Å². The van der Waals surface area contributed by atoms with Crippen molar-refractivity contribution in [2.45, 2.75) is 26.3 Å². The van der Waals surface area contributed by atoms with Crippen LogP contribution in [-0.2, 0) is 6.42 Å². The highest BCUT2D eigenvalue weighted by molar-refractivity contribution is 7.10. The van der Waals surface area contributed by atoms with Crippen LogP contribution in [0.2, 0.25) is 0 Å². The van der Waals surface area contributed by atoms with Crippen molar-refractivity contribution in [3.05, 3.63) is 45.9 Å². The van der Waals surface area contributed by atoms with Crippen molar-refractivity contribution in [1.82, 2.24) is 10.3 Å². The number of ether oxygens (including phenoxy) is 1. The molecule has 0 aliphatic rings. The van der Waals surface area contributed by atoms with Gasteiger partial charge in [0.05, 0.1) is 19.3 Å². The van der Waals surface area contributed by atoms with E-state index in [0.29, 0.717) is 0 Å². The Hall–Kier alpha value is -1.39. The first-order chi connectivity index (χ1) is 9.30. The van der Waals surface area contributed by atoms with E-state index in [9.17, 15) is 0 Å². The number of nitrogens with one attached hydrogen (secondary N) is 1. The second-order valence-corrected chi connectivity index (χ2v) is 5.26. The molecule has 1 N–H and O–H groups in total. The summed E-state index contributed by atoms with van der Waals surface area (Å²) in [5, 5.41) is 5.70. The average Bonchev–Trinajstić information content (AvgIpc) is 2.93. The fourth-order valence-electron chi connectivity index (χ4n) is 2.16. The monoisotopic (exact) mass is 276 g/mol. The second-order valence-electron chi connectivity index (χ2n) is 4.31. The summed E-state index contributed by atoms with van der Waals surface area (Å²) in [4.78, 5) is 5.64. The number of methoxy groups -OCH3 is 1. The third-order valence-electron chi connectivity index (χ3n) is 3.14. The van der Waals surface area contributed by atoms with E-state index < -0.39 is 0 Å². The molecule has 0 aliphatic heterocycles. The van der Waals surface area contributed by atoms with Crippen LogP contribution >= 0.6 is 11.3 Å². The molecule has 102 valence electrons. The van der Waals surface area contributed by atoms with E-state index in [2.05, 4.69) is 41.7 Å². The number of thiophene rings is 1. The Morgan fingerprint density at radius 3 is 2.89 bits per heavy atom. The summed E-state index contributed by atoms with van der Waals surface area (Å²) in [6.45, 7) is 5.24. The lowest BCUT2D eigenvalue weighted by Gasteiger charge is -2.19. The van der Waals surface area contributed by atoms with Gasteiger partial charge in [-0.2, -0.15) is 0 Å². The van der Waals surface area contributed by atoms with Crippen LogP contribution in [0.15, 0.2) is 29.9 Å². The highest BCUT2D eigenvalue weighted by Gasteiger charge is 2.18. The van der Waals surface area contributed by atoms with Crippen LogP contribution in [-0.4, -0.2) is 18.6 Å². The van der Waals surface area contributed by atoms with Gasteiger partial charge in [-0.05, 0) is 41.6 Å². The van der Waals surface area contributed by atoms with Gasteiger partial charge in [0.15, 0.2) is 0 Å². The lowest BCUT2D eigenvalue weighted by atomic mass is 10.0. The Bertz CT molecular complexity index is 524. The van der Waals surface area contributed by atoms with Crippen LogP contribution < -0.4 is 10.1 Å².